The number of unbranched alkanes of at least 4 members (excludes halogenated alkanes) is 8. The minimum absolute atomic E-state index is 0.405. The van der Waals surface area contributed by atoms with Gasteiger partial charge in [0.25, 0.3) is 0 Å². The van der Waals surface area contributed by atoms with Crippen LogP contribution in [0.25, 0.3) is 0 Å². The van der Waals surface area contributed by atoms with E-state index in [0.29, 0.717) is 12.2 Å². The van der Waals surface area contributed by atoms with Gasteiger partial charge in [0, 0.05) is 0 Å². The van der Waals surface area contributed by atoms with E-state index in [1.54, 1.807) is 0 Å². The highest BCUT2D eigenvalue weighted by atomic mass is 17.2. The van der Waals surface area contributed by atoms with Crippen LogP contribution in [0.3, 0.4) is 0 Å². The predicted octanol–water partition coefficient (Wildman–Crippen LogP) is 6.26. The zero-order valence-corrected chi connectivity index (χ0v) is 15.5. The largest absolute Gasteiger partial charge is 0.373 e. The van der Waals surface area contributed by atoms with Crippen LogP contribution in [0.15, 0.2) is 24.3 Å². The summed E-state index contributed by atoms with van der Waals surface area (Å²) in [7, 11) is 0. The first-order chi connectivity index (χ1) is 11.8. The Morgan fingerprint density at radius 1 is 0.792 bits per heavy atom. The molecule has 0 unspecified atom stereocenters. The van der Waals surface area contributed by atoms with Gasteiger partial charge in [-0.2, -0.15) is 4.89 Å². The molecule has 0 aliphatic rings. The normalized spacial score (nSPS) is 10.8. The monoisotopic (exact) mass is 334 g/mol. The molecule has 3 heteroatoms. The Kier molecular flexibility index (Phi) is 12.1. The van der Waals surface area contributed by atoms with Gasteiger partial charge in [-0.05, 0) is 37.0 Å². The SMILES string of the molecule is CCCCCCCCCOOC(=O)c1ccc(CCCCC)cc1. The number of hydrogen-bond donors (Lipinski definition) is 0. The maximum Gasteiger partial charge on any atom is 0.373 e. The molecule has 0 aliphatic heterocycles. The Morgan fingerprint density at radius 2 is 1.38 bits per heavy atom. The molecule has 0 N–H and O–H groups in total. The van der Waals surface area contributed by atoms with Gasteiger partial charge in [-0.25, -0.2) is 4.79 Å². The summed E-state index contributed by atoms with van der Waals surface area (Å²) in [6.45, 7) is 4.91. The Bertz CT molecular complexity index is 425. The highest BCUT2D eigenvalue weighted by Gasteiger charge is 2.08. The molecule has 1 aromatic carbocycles. The molecule has 0 spiro atoms. The van der Waals surface area contributed by atoms with Crippen molar-refractivity contribution in [1.29, 1.82) is 0 Å². The fourth-order valence-electron chi connectivity index (χ4n) is 2.65. The van der Waals surface area contributed by atoms with E-state index in [2.05, 4.69) is 13.8 Å². The predicted molar refractivity (Wildman–Crippen MR) is 99.0 cm³/mol. The molecule has 1 rings (SSSR count). The Labute approximate surface area is 147 Å². The molecule has 0 atom stereocenters. The van der Waals surface area contributed by atoms with Gasteiger partial charge in [0.2, 0.25) is 0 Å². The van der Waals surface area contributed by atoms with Gasteiger partial charge in [0.1, 0.15) is 0 Å². The van der Waals surface area contributed by atoms with Crippen molar-refractivity contribution in [3.05, 3.63) is 35.4 Å². The molecule has 0 amide bonds. The lowest BCUT2D eigenvalue weighted by molar-refractivity contribution is -0.241. The van der Waals surface area contributed by atoms with Crippen LogP contribution in [0.1, 0.15) is 94.0 Å². The molecule has 0 bridgehead atoms. The molecule has 136 valence electrons. The second-order valence-corrected chi connectivity index (χ2v) is 6.47. The maximum absolute atomic E-state index is 11.9. The molecule has 0 aliphatic carbocycles. The van der Waals surface area contributed by atoms with E-state index in [1.165, 1.54) is 56.9 Å². The van der Waals surface area contributed by atoms with Gasteiger partial charge < -0.3 is 0 Å². The molecule has 1 aromatic rings. The second kappa shape index (κ2) is 14.0. The van der Waals surface area contributed by atoms with E-state index >= 15 is 0 Å². The molecule has 0 aromatic heterocycles. The zero-order valence-electron chi connectivity index (χ0n) is 15.5. The molecule has 0 heterocycles. The fourth-order valence-corrected chi connectivity index (χ4v) is 2.65. The Morgan fingerprint density at radius 3 is 2.04 bits per heavy atom. The molecule has 0 saturated carbocycles. The van der Waals surface area contributed by atoms with Crippen molar-refractivity contribution in [3.63, 3.8) is 0 Å². The van der Waals surface area contributed by atoms with Crippen molar-refractivity contribution in [1.82, 2.24) is 0 Å². The average molecular weight is 335 g/mol. The van der Waals surface area contributed by atoms with Crippen molar-refractivity contribution in [2.75, 3.05) is 6.61 Å². The summed E-state index contributed by atoms with van der Waals surface area (Å²) >= 11 is 0. The lowest BCUT2D eigenvalue weighted by Crippen LogP contribution is -2.07. The molecule has 0 radical (unpaired) electrons. The van der Waals surface area contributed by atoms with Gasteiger partial charge in [-0.1, -0.05) is 77.3 Å². The molecular weight excluding hydrogens is 300 g/mol. The van der Waals surface area contributed by atoms with E-state index in [4.69, 9.17) is 9.78 Å². The highest BCUT2D eigenvalue weighted by Crippen LogP contribution is 2.11. The van der Waals surface area contributed by atoms with Crippen LogP contribution in [0.5, 0.6) is 0 Å². The van der Waals surface area contributed by atoms with E-state index < -0.39 is 5.97 Å². The van der Waals surface area contributed by atoms with Crippen molar-refractivity contribution in [2.24, 2.45) is 0 Å². The topological polar surface area (TPSA) is 35.5 Å². The summed E-state index contributed by atoms with van der Waals surface area (Å²) < 4.78 is 0. The van der Waals surface area contributed by atoms with Gasteiger partial charge in [-0.3, -0.25) is 4.89 Å². The number of rotatable bonds is 14. The molecule has 24 heavy (non-hydrogen) atoms. The van der Waals surface area contributed by atoms with Crippen molar-refractivity contribution < 1.29 is 14.6 Å². The van der Waals surface area contributed by atoms with Gasteiger partial charge in [-0.15, -0.1) is 0 Å². The molecular formula is C21H34O3. The third-order valence-electron chi connectivity index (χ3n) is 4.22. The van der Waals surface area contributed by atoms with Crippen LogP contribution >= 0.6 is 0 Å². The number of carbonyl (C=O) groups is 1. The third kappa shape index (κ3) is 9.71. The number of benzene rings is 1. The van der Waals surface area contributed by atoms with Crippen LogP contribution in [0.2, 0.25) is 0 Å². The molecule has 3 nitrogen and oxygen atoms in total. The van der Waals surface area contributed by atoms with E-state index in [-0.39, 0.29) is 0 Å². The second-order valence-electron chi connectivity index (χ2n) is 6.47. The van der Waals surface area contributed by atoms with E-state index in [9.17, 15) is 4.79 Å². The summed E-state index contributed by atoms with van der Waals surface area (Å²) in [6.07, 6.45) is 13.3. The molecule has 0 saturated heterocycles. The third-order valence-corrected chi connectivity index (χ3v) is 4.22. The number of aryl methyl sites for hydroxylation is 1. The smallest absolute Gasteiger partial charge is 0.293 e. The number of carbonyl (C=O) groups excluding carboxylic acids is 1. The van der Waals surface area contributed by atoms with E-state index in [1.807, 2.05) is 24.3 Å². The first-order valence-electron chi connectivity index (χ1n) is 9.70. The first-order valence-corrected chi connectivity index (χ1v) is 9.70. The van der Waals surface area contributed by atoms with Crippen molar-refractivity contribution >= 4 is 5.97 Å². The van der Waals surface area contributed by atoms with Crippen LogP contribution < -0.4 is 0 Å². The zero-order chi connectivity index (χ0) is 17.5. The van der Waals surface area contributed by atoms with Crippen LogP contribution in [0.4, 0.5) is 0 Å². The summed E-state index contributed by atoms with van der Waals surface area (Å²) in [5.41, 5.74) is 1.82. The Balaban J connectivity index is 2.10. The Hall–Kier alpha value is -1.35. The van der Waals surface area contributed by atoms with Crippen molar-refractivity contribution in [2.45, 2.75) is 84.5 Å². The first kappa shape index (κ1) is 20.7. The quantitative estimate of drug-likeness (QED) is 0.229. The minimum atomic E-state index is -0.405. The lowest BCUT2D eigenvalue weighted by Gasteiger charge is -2.05. The number of hydrogen-bond acceptors (Lipinski definition) is 3. The average Bonchev–Trinajstić information content (AvgIpc) is 2.61. The molecule has 0 fully saturated rings. The van der Waals surface area contributed by atoms with Crippen LogP contribution in [-0.4, -0.2) is 12.6 Å². The van der Waals surface area contributed by atoms with Gasteiger partial charge in [0.05, 0.1) is 12.2 Å². The van der Waals surface area contributed by atoms with Crippen LogP contribution in [0, 0.1) is 0 Å². The van der Waals surface area contributed by atoms with Crippen LogP contribution in [-0.2, 0) is 16.2 Å². The van der Waals surface area contributed by atoms with Crippen molar-refractivity contribution in [3.8, 4) is 0 Å². The minimum Gasteiger partial charge on any atom is -0.293 e. The fraction of sp³-hybridized carbons (Fsp3) is 0.667. The van der Waals surface area contributed by atoms with Gasteiger partial charge >= 0.3 is 5.97 Å². The van der Waals surface area contributed by atoms with E-state index in [0.717, 1.165) is 19.3 Å². The van der Waals surface area contributed by atoms with Gasteiger partial charge in [0.15, 0.2) is 0 Å². The summed E-state index contributed by atoms with van der Waals surface area (Å²) in [6, 6.07) is 7.65. The highest BCUT2D eigenvalue weighted by molar-refractivity contribution is 5.88. The summed E-state index contributed by atoms with van der Waals surface area (Å²) in [4.78, 5) is 21.8. The summed E-state index contributed by atoms with van der Waals surface area (Å²) in [5.74, 6) is -0.405. The standard InChI is InChI=1S/C21H34O3/c1-3-5-7-8-9-10-12-18-23-24-21(22)20-16-14-19(15-17-20)13-11-6-4-2/h14-17H,3-13,18H2,1-2H3. The maximum atomic E-state index is 11.9. The lowest BCUT2D eigenvalue weighted by atomic mass is 10.1. The summed E-state index contributed by atoms with van der Waals surface area (Å²) in [5, 5.41) is 0.